The molecule has 0 amide bonds. The number of nitriles is 2. The fourth-order valence-corrected chi connectivity index (χ4v) is 1.60. The van der Waals surface area contributed by atoms with Gasteiger partial charge in [0.05, 0.1) is 17.7 Å². The minimum absolute atomic E-state index is 0.153. The highest BCUT2D eigenvalue weighted by Gasteiger charge is 2.25. The minimum atomic E-state index is -0.919. The van der Waals surface area contributed by atoms with Gasteiger partial charge in [-0.05, 0) is 38.8 Å². The number of aliphatic hydroxyl groups excluding tert-OH is 1. The topological polar surface area (TPSA) is 100 Å². The van der Waals surface area contributed by atoms with Crippen LogP contribution in [0.4, 0.5) is 0 Å². The average Bonchev–Trinajstić information content (AvgIpc) is 2.34. The third-order valence-corrected chi connectivity index (χ3v) is 2.68. The van der Waals surface area contributed by atoms with E-state index in [9.17, 15) is 5.11 Å². The van der Waals surface area contributed by atoms with Crippen molar-refractivity contribution in [2.24, 2.45) is 0 Å². The summed E-state index contributed by atoms with van der Waals surface area (Å²) in [5.41, 5.74) is -0.919. The number of aliphatic hydroxyl groups is 2. The standard InChI is InChI=1S/C12H21N3O2/c13-7-1-4-12(17,5-2-8-14)6-10-15-9-3-11-16/h15-17H,1-6,9-11H2. The van der Waals surface area contributed by atoms with E-state index >= 15 is 0 Å². The Morgan fingerprint density at radius 3 is 2.06 bits per heavy atom. The Bertz CT molecular complexity index is 250. The van der Waals surface area contributed by atoms with Crippen molar-refractivity contribution >= 4 is 0 Å². The normalized spacial score (nSPS) is 10.8. The lowest BCUT2D eigenvalue weighted by atomic mass is 9.89. The van der Waals surface area contributed by atoms with E-state index in [0.29, 0.717) is 51.6 Å². The summed E-state index contributed by atoms with van der Waals surface area (Å²) in [6, 6.07) is 4.03. The second-order valence-corrected chi connectivity index (χ2v) is 4.12. The summed E-state index contributed by atoms with van der Waals surface area (Å²) in [6.45, 7) is 1.50. The van der Waals surface area contributed by atoms with E-state index in [-0.39, 0.29) is 6.61 Å². The third kappa shape index (κ3) is 8.65. The van der Waals surface area contributed by atoms with Crippen LogP contribution in [0.25, 0.3) is 0 Å². The molecule has 0 aromatic heterocycles. The van der Waals surface area contributed by atoms with Gasteiger partial charge in [0.25, 0.3) is 0 Å². The molecule has 0 spiro atoms. The number of hydrogen-bond donors (Lipinski definition) is 3. The van der Waals surface area contributed by atoms with Crippen molar-refractivity contribution in [2.45, 2.75) is 44.1 Å². The number of rotatable bonds is 10. The molecular weight excluding hydrogens is 218 g/mol. The lowest BCUT2D eigenvalue weighted by Gasteiger charge is -2.26. The first-order chi connectivity index (χ1) is 8.18. The average molecular weight is 239 g/mol. The maximum absolute atomic E-state index is 10.2. The molecule has 0 heterocycles. The van der Waals surface area contributed by atoms with Crippen LogP contribution in [0.1, 0.15) is 38.5 Å². The fourth-order valence-electron chi connectivity index (χ4n) is 1.60. The smallest absolute Gasteiger partial charge is 0.0679 e. The van der Waals surface area contributed by atoms with Crippen molar-refractivity contribution in [2.75, 3.05) is 19.7 Å². The van der Waals surface area contributed by atoms with Crippen LogP contribution in [0.15, 0.2) is 0 Å². The van der Waals surface area contributed by atoms with E-state index in [4.69, 9.17) is 15.6 Å². The lowest BCUT2D eigenvalue weighted by Crippen LogP contribution is -2.33. The summed E-state index contributed by atoms with van der Waals surface area (Å²) in [5, 5.41) is 39.0. The van der Waals surface area contributed by atoms with Gasteiger partial charge in [0.1, 0.15) is 0 Å². The molecule has 3 N–H and O–H groups in total. The number of nitrogens with one attached hydrogen (secondary N) is 1. The Labute approximate surface area is 103 Å². The van der Waals surface area contributed by atoms with Crippen molar-refractivity contribution in [3.8, 4) is 12.1 Å². The molecule has 0 saturated carbocycles. The molecule has 5 heteroatoms. The number of nitrogens with zero attached hydrogens (tertiary/aromatic N) is 2. The fraction of sp³-hybridized carbons (Fsp3) is 0.833. The summed E-state index contributed by atoms with van der Waals surface area (Å²) in [5.74, 6) is 0. The molecule has 0 aliphatic rings. The van der Waals surface area contributed by atoms with E-state index in [1.165, 1.54) is 0 Å². The maximum atomic E-state index is 10.2. The van der Waals surface area contributed by atoms with Crippen LogP contribution in [-0.2, 0) is 0 Å². The molecule has 5 nitrogen and oxygen atoms in total. The summed E-state index contributed by atoms with van der Waals surface area (Å²) >= 11 is 0. The first-order valence-electron chi connectivity index (χ1n) is 5.96. The highest BCUT2D eigenvalue weighted by atomic mass is 16.3. The molecule has 0 atom stereocenters. The zero-order valence-corrected chi connectivity index (χ0v) is 10.2. The van der Waals surface area contributed by atoms with Crippen molar-refractivity contribution in [3.63, 3.8) is 0 Å². The van der Waals surface area contributed by atoms with Gasteiger partial charge in [0.2, 0.25) is 0 Å². The van der Waals surface area contributed by atoms with E-state index in [1.54, 1.807) is 0 Å². The first kappa shape index (κ1) is 15.9. The predicted molar refractivity (Wildman–Crippen MR) is 63.8 cm³/mol. The molecule has 0 saturated heterocycles. The van der Waals surface area contributed by atoms with Gasteiger partial charge in [-0.1, -0.05) is 0 Å². The van der Waals surface area contributed by atoms with Crippen LogP contribution in [0, 0.1) is 22.7 Å². The molecule has 0 bridgehead atoms. The largest absolute Gasteiger partial charge is 0.396 e. The van der Waals surface area contributed by atoms with Gasteiger partial charge in [-0.3, -0.25) is 0 Å². The van der Waals surface area contributed by atoms with Gasteiger partial charge in [0.15, 0.2) is 0 Å². The van der Waals surface area contributed by atoms with Gasteiger partial charge >= 0.3 is 0 Å². The molecule has 96 valence electrons. The van der Waals surface area contributed by atoms with Gasteiger partial charge in [-0.15, -0.1) is 0 Å². The van der Waals surface area contributed by atoms with E-state index < -0.39 is 5.60 Å². The van der Waals surface area contributed by atoms with Gasteiger partial charge < -0.3 is 15.5 Å². The summed E-state index contributed by atoms with van der Waals surface area (Å²) in [4.78, 5) is 0. The molecule has 0 aromatic rings. The molecule has 0 aromatic carbocycles. The van der Waals surface area contributed by atoms with E-state index in [0.717, 1.165) is 0 Å². The maximum Gasteiger partial charge on any atom is 0.0679 e. The van der Waals surface area contributed by atoms with Crippen LogP contribution >= 0.6 is 0 Å². The number of hydrogen-bond acceptors (Lipinski definition) is 5. The Balaban J connectivity index is 3.92. The zero-order valence-electron chi connectivity index (χ0n) is 10.2. The zero-order chi connectivity index (χ0) is 13.0. The molecule has 17 heavy (non-hydrogen) atoms. The minimum Gasteiger partial charge on any atom is -0.396 e. The molecule has 0 aliphatic carbocycles. The van der Waals surface area contributed by atoms with Crippen LogP contribution in [0.2, 0.25) is 0 Å². The van der Waals surface area contributed by atoms with E-state index in [2.05, 4.69) is 5.32 Å². The summed E-state index contributed by atoms with van der Waals surface area (Å²) in [7, 11) is 0. The Morgan fingerprint density at radius 2 is 1.59 bits per heavy atom. The Morgan fingerprint density at radius 1 is 1.00 bits per heavy atom. The molecular formula is C12H21N3O2. The summed E-state index contributed by atoms with van der Waals surface area (Å²) < 4.78 is 0. The third-order valence-electron chi connectivity index (χ3n) is 2.68. The van der Waals surface area contributed by atoms with Crippen LogP contribution in [0.5, 0.6) is 0 Å². The van der Waals surface area contributed by atoms with Crippen molar-refractivity contribution in [3.05, 3.63) is 0 Å². The van der Waals surface area contributed by atoms with Gasteiger partial charge in [-0.2, -0.15) is 10.5 Å². The van der Waals surface area contributed by atoms with Crippen molar-refractivity contribution < 1.29 is 10.2 Å². The molecule has 0 unspecified atom stereocenters. The quantitative estimate of drug-likeness (QED) is 0.487. The van der Waals surface area contributed by atoms with Crippen molar-refractivity contribution in [1.29, 1.82) is 10.5 Å². The highest BCUT2D eigenvalue weighted by molar-refractivity contribution is 4.87. The molecule has 0 radical (unpaired) electrons. The van der Waals surface area contributed by atoms with Crippen LogP contribution in [-0.4, -0.2) is 35.5 Å². The Kier molecular flexibility index (Phi) is 9.37. The second kappa shape index (κ2) is 10.0. The van der Waals surface area contributed by atoms with Crippen molar-refractivity contribution in [1.82, 2.24) is 5.32 Å². The monoisotopic (exact) mass is 239 g/mol. The SMILES string of the molecule is N#CCCC(O)(CCC#N)CCNCCCO. The van der Waals surface area contributed by atoms with Gasteiger partial charge in [0, 0.05) is 19.4 Å². The molecule has 0 aliphatic heterocycles. The second-order valence-electron chi connectivity index (χ2n) is 4.12. The molecule has 0 fully saturated rings. The van der Waals surface area contributed by atoms with Crippen LogP contribution in [0.3, 0.4) is 0 Å². The molecule has 0 rings (SSSR count). The van der Waals surface area contributed by atoms with Crippen LogP contribution < -0.4 is 5.32 Å². The highest BCUT2D eigenvalue weighted by Crippen LogP contribution is 2.22. The van der Waals surface area contributed by atoms with E-state index in [1.807, 2.05) is 12.1 Å². The Hall–Kier alpha value is -1.14. The summed E-state index contributed by atoms with van der Waals surface area (Å²) in [6.07, 6.45) is 2.65. The van der Waals surface area contributed by atoms with Gasteiger partial charge in [-0.25, -0.2) is 0 Å². The lowest BCUT2D eigenvalue weighted by molar-refractivity contribution is 0.0172. The first-order valence-corrected chi connectivity index (χ1v) is 5.96. The predicted octanol–water partition coefficient (Wildman–Crippen LogP) is 0.687.